The lowest BCUT2D eigenvalue weighted by molar-refractivity contribution is 0.101. The third kappa shape index (κ3) is 2.80. The molecule has 0 saturated carbocycles. The molecule has 1 aromatic heterocycles. The zero-order chi connectivity index (χ0) is 12.4. The first-order chi connectivity index (χ1) is 8.11. The molecule has 0 radical (unpaired) electrons. The summed E-state index contributed by atoms with van der Waals surface area (Å²) in [7, 11) is 0. The van der Waals surface area contributed by atoms with Crippen LogP contribution in [0.2, 0.25) is 0 Å². The van der Waals surface area contributed by atoms with Crippen LogP contribution >= 0.6 is 38.5 Å². The van der Waals surface area contributed by atoms with E-state index in [4.69, 9.17) is 4.42 Å². The van der Waals surface area contributed by atoms with Gasteiger partial charge in [-0.3, -0.25) is 4.79 Å². The van der Waals surface area contributed by atoms with Gasteiger partial charge >= 0.3 is 0 Å². The monoisotopic (exact) mass is 404 g/mol. The van der Waals surface area contributed by atoms with Crippen LogP contribution < -0.4 is 0 Å². The summed E-state index contributed by atoms with van der Waals surface area (Å²) in [6, 6.07) is 9.24. The van der Waals surface area contributed by atoms with Crippen molar-refractivity contribution in [2.45, 2.75) is 13.3 Å². The van der Waals surface area contributed by atoms with E-state index in [1.165, 1.54) is 0 Å². The van der Waals surface area contributed by atoms with Crippen molar-refractivity contribution in [1.82, 2.24) is 0 Å². The molecule has 0 aliphatic rings. The number of halogens is 2. The van der Waals surface area contributed by atoms with Gasteiger partial charge in [0.05, 0.1) is 0 Å². The average Bonchev–Trinajstić information content (AvgIpc) is 2.80. The molecule has 17 heavy (non-hydrogen) atoms. The van der Waals surface area contributed by atoms with E-state index in [0.717, 1.165) is 20.2 Å². The van der Waals surface area contributed by atoms with Gasteiger partial charge in [-0.2, -0.15) is 0 Å². The third-order valence-electron chi connectivity index (χ3n) is 2.41. The molecule has 0 unspecified atom stereocenters. The van der Waals surface area contributed by atoms with Crippen LogP contribution in [0, 0.1) is 3.57 Å². The number of rotatable bonds is 3. The highest BCUT2D eigenvalue weighted by Crippen LogP contribution is 2.23. The minimum absolute atomic E-state index is 0.0879. The van der Waals surface area contributed by atoms with E-state index in [0.29, 0.717) is 11.3 Å². The maximum absolute atomic E-state index is 12.2. The minimum atomic E-state index is -0.0879. The van der Waals surface area contributed by atoms with Crippen LogP contribution in [-0.2, 0) is 6.42 Å². The number of furan rings is 1. The van der Waals surface area contributed by atoms with Crippen LogP contribution in [0.5, 0.6) is 0 Å². The Morgan fingerprint density at radius 3 is 2.76 bits per heavy atom. The molecule has 0 bridgehead atoms. The minimum Gasteiger partial charge on any atom is -0.458 e. The molecule has 4 heteroatoms. The molecule has 2 rings (SSSR count). The van der Waals surface area contributed by atoms with Crippen molar-refractivity contribution in [2.24, 2.45) is 0 Å². The third-order valence-corrected chi connectivity index (χ3v) is 3.77. The highest BCUT2D eigenvalue weighted by Gasteiger charge is 2.16. The summed E-state index contributed by atoms with van der Waals surface area (Å²) in [5, 5.41) is 0. The number of ketones is 1. The lowest BCUT2D eigenvalue weighted by Crippen LogP contribution is -2.01. The van der Waals surface area contributed by atoms with E-state index < -0.39 is 0 Å². The van der Waals surface area contributed by atoms with E-state index in [-0.39, 0.29) is 5.78 Å². The highest BCUT2D eigenvalue weighted by atomic mass is 127. The summed E-state index contributed by atoms with van der Waals surface area (Å²) in [5.74, 6) is 1.13. The fourth-order valence-corrected chi connectivity index (χ4v) is 2.41. The molecule has 0 aliphatic heterocycles. The highest BCUT2D eigenvalue weighted by molar-refractivity contribution is 14.1. The van der Waals surface area contributed by atoms with Crippen molar-refractivity contribution in [1.29, 1.82) is 0 Å². The van der Waals surface area contributed by atoms with Crippen molar-refractivity contribution in [3.05, 3.63) is 55.5 Å². The summed E-state index contributed by atoms with van der Waals surface area (Å²) >= 11 is 5.57. The summed E-state index contributed by atoms with van der Waals surface area (Å²) in [4.78, 5) is 12.2. The Balaban J connectivity index is 2.39. The Morgan fingerprint density at radius 1 is 1.35 bits per heavy atom. The first-order valence-corrected chi connectivity index (χ1v) is 7.07. The summed E-state index contributed by atoms with van der Waals surface area (Å²) in [6.45, 7) is 1.99. The average molecular weight is 405 g/mol. The number of hydrogen-bond acceptors (Lipinski definition) is 2. The van der Waals surface area contributed by atoms with Crippen LogP contribution in [0.25, 0.3) is 0 Å². The normalized spacial score (nSPS) is 10.5. The molecule has 0 N–H and O–H groups in total. The molecular formula is C13H10BrIO2. The molecule has 0 fully saturated rings. The van der Waals surface area contributed by atoms with Gasteiger partial charge in [0.15, 0.2) is 5.76 Å². The molecule has 1 aromatic carbocycles. The Morgan fingerprint density at radius 2 is 2.12 bits per heavy atom. The molecule has 88 valence electrons. The lowest BCUT2D eigenvalue weighted by Gasteiger charge is -2.02. The smallest absolute Gasteiger partial charge is 0.229 e. The van der Waals surface area contributed by atoms with Crippen LogP contribution in [0.4, 0.5) is 0 Å². The number of carbonyl (C=O) groups is 1. The van der Waals surface area contributed by atoms with Gasteiger partial charge in [0.1, 0.15) is 5.76 Å². The van der Waals surface area contributed by atoms with Gasteiger partial charge in [-0.05, 0) is 52.9 Å². The first kappa shape index (κ1) is 12.8. The van der Waals surface area contributed by atoms with Gasteiger partial charge in [-0.25, -0.2) is 0 Å². The van der Waals surface area contributed by atoms with E-state index in [1.54, 1.807) is 6.07 Å². The predicted octanol–water partition coefficient (Wildman–Crippen LogP) is 4.44. The fraction of sp³-hybridized carbons (Fsp3) is 0.154. The quantitative estimate of drug-likeness (QED) is 0.559. The van der Waals surface area contributed by atoms with Gasteiger partial charge in [0.2, 0.25) is 5.78 Å². The topological polar surface area (TPSA) is 30.2 Å². The molecular weight excluding hydrogens is 395 g/mol. The zero-order valence-electron chi connectivity index (χ0n) is 9.17. The summed E-state index contributed by atoms with van der Waals surface area (Å²) < 4.78 is 7.28. The van der Waals surface area contributed by atoms with E-state index in [2.05, 4.69) is 38.5 Å². The van der Waals surface area contributed by atoms with Crippen LogP contribution in [-0.4, -0.2) is 5.78 Å². The SMILES string of the molecule is CCc1ccc(C(=O)c2cc(I)ccc2Br)o1. The van der Waals surface area contributed by atoms with E-state index in [1.807, 2.05) is 31.2 Å². The van der Waals surface area contributed by atoms with Gasteiger partial charge in [0.25, 0.3) is 0 Å². The van der Waals surface area contributed by atoms with Crippen LogP contribution in [0.1, 0.15) is 28.8 Å². The zero-order valence-corrected chi connectivity index (χ0v) is 12.9. The lowest BCUT2D eigenvalue weighted by atomic mass is 10.1. The Kier molecular flexibility index (Phi) is 4.04. The molecule has 0 atom stereocenters. The van der Waals surface area contributed by atoms with Crippen LogP contribution in [0.15, 0.2) is 39.2 Å². The Bertz CT molecular complexity index is 560. The second-order valence-electron chi connectivity index (χ2n) is 3.57. The van der Waals surface area contributed by atoms with Gasteiger partial charge in [-0.1, -0.05) is 22.9 Å². The molecule has 2 aromatic rings. The summed E-state index contributed by atoms with van der Waals surface area (Å²) in [5.41, 5.74) is 0.633. The van der Waals surface area contributed by atoms with Crippen molar-refractivity contribution >= 4 is 44.3 Å². The fourth-order valence-electron chi connectivity index (χ4n) is 1.49. The first-order valence-electron chi connectivity index (χ1n) is 5.20. The summed E-state index contributed by atoms with van der Waals surface area (Å²) in [6.07, 6.45) is 0.792. The van der Waals surface area contributed by atoms with E-state index in [9.17, 15) is 4.79 Å². The molecule has 1 heterocycles. The maximum Gasteiger partial charge on any atom is 0.229 e. The number of carbonyl (C=O) groups excluding carboxylic acids is 1. The number of hydrogen-bond donors (Lipinski definition) is 0. The molecule has 0 spiro atoms. The number of benzene rings is 1. The second kappa shape index (κ2) is 5.35. The van der Waals surface area contributed by atoms with Crippen molar-refractivity contribution in [3.63, 3.8) is 0 Å². The molecule has 0 aliphatic carbocycles. The largest absolute Gasteiger partial charge is 0.458 e. The maximum atomic E-state index is 12.2. The van der Waals surface area contributed by atoms with Crippen LogP contribution in [0.3, 0.4) is 0 Å². The predicted molar refractivity (Wildman–Crippen MR) is 78.4 cm³/mol. The van der Waals surface area contributed by atoms with Crippen molar-refractivity contribution in [3.8, 4) is 0 Å². The molecule has 2 nitrogen and oxygen atoms in total. The van der Waals surface area contributed by atoms with Gasteiger partial charge < -0.3 is 4.42 Å². The standard InChI is InChI=1S/C13H10BrIO2/c1-2-9-4-6-12(17-9)13(16)10-7-8(15)3-5-11(10)14/h3-7H,2H2,1H3. The van der Waals surface area contributed by atoms with Crippen molar-refractivity contribution < 1.29 is 9.21 Å². The molecule has 0 amide bonds. The second-order valence-corrected chi connectivity index (χ2v) is 5.67. The Labute approximate surface area is 122 Å². The number of aryl methyl sites for hydroxylation is 1. The van der Waals surface area contributed by atoms with Crippen molar-refractivity contribution in [2.75, 3.05) is 0 Å². The van der Waals surface area contributed by atoms with Gasteiger partial charge in [0, 0.05) is 20.0 Å². The van der Waals surface area contributed by atoms with E-state index >= 15 is 0 Å². The molecule has 0 saturated heterocycles. The van der Waals surface area contributed by atoms with Gasteiger partial charge in [-0.15, -0.1) is 0 Å². The Hall–Kier alpha value is -0.620.